The van der Waals surface area contributed by atoms with Crippen molar-refractivity contribution in [1.82, 2.24) is 14.5 Å². The highest BCUT2D eigenvalue weighted by Crippen LogP contribution is 2.43. The number of aliphatic hydroxyl groups excluding tert-OH is 1. The fraction of sp³-hybridized carbons (Fsp3) is 0.455. The minimum atomic E-state index is -0.0418. The van der Waals surface area contributed by atoms with Crippen LogP contribution in [0.3, 0.4) is 0 Å². The van der Waals surface area contributed by atoms with E-state index in [1.807, 2.05) is 6.07 Å². The van der Waals surface area contributed by atoms with Gasteiger partial charge in [0.25, 0.3) is 0 Å². The molecule has 2 fully saturated rings. The van der Waals surface area contributed by atoms with Crippen LogP contribution in [0.1, 0.15) is 24.4 Å². The molecule has 2 N–H and O–H groups in total. The lowest BCUT2D eigenvalue weighted by Gasteiger charge is -2.19. The van der Waals surface area contributed by atoms with Crippen LogP contribution in [0.2, 0.25) is 0 Å². The highest BCUT2D eigenvalue weighted by Gasteiger charge is 2.49. The molecule has 1 aliphatic carbocycles. The average molecular weight is 394 g/mol. The Balaban J connectivity index is 1.31. The van der Waals surface area contributed by atoms with Gasteiger partial charge in [-0.2, -0.15) is 0 Å². The van der Waals surface area contributed by atoms with Gasteiger partial charge in [-0.3, -0.25) is 0 Å². The van der Waals surface area contributed by atoms with Gasteiger partial charge in [0, 0.05) is 25.3 Å². The number of benzene rings is 1. The molecule has 0 spiro atoms. The number of ether oxygens (including phenoxy) is 2. The fourth-order valence-corrected chi connectivity index (χ4v) is 4.67. The third-order valence-electron chi connectivity index (χ3n) is 6.11. The van der Waals surface area contributed by atoms with E-state index in [9.17, 15) is 5.11 Å². The maximum absolute atomic E-state index is 9.71. The molecular formula is C22H26N4O3. The van der Waals surface area contributed by atoms with Crippen LogP contribution in [0.4, 0.5) is 5.82 Å². The molecule has 29 heavy (non-hydrogen) atoms. The van der Waals surface area contributed by atoms with Crippen LogP contribution in [0.25, 0.3) is 11.0 Å². The second kappa shape index (κ2) is 8.10. The molecule has 4 atom stereocenters. The summed E-state index contributed by atoms with van der Waals surface area (Å²) >= 11 is 0. The van der Waals surface area contributed by atoms with Crippen LogP contribution in [0.5, 0.6) is 0 Å². The Labute approximate surface area is 169 Å². The van der Waals surface area contributed by atoms with Crippen LogP contribution < -0.4 is 5.32 Å². The van der Waals surface area contributed by atoms with Crippen LogP contribution >= 0.6 is 0 Å². The topological polar surface area (TPSA) is 81.4 Å². The van der Waals surface area contributed by atoms with Crippen molar-refractivity contribution in [2.45, 2.75) is 37.5 Å². The Morgan fingerprint density at radius 1 is 1.10 bits per heavy atom. The van der Waals surface area contributed by atoms with Crippen LogP contribution in [-0.2, 0) is 15.9 Å². The van der Waals surface area contributed by atoms with Gasteiger partial charge in [0.05, 0.1) is 17.5 Å². The summed E-state index contributed by atoms with van der Waals surface area (Å²) in [4.78, 5) is 9.00. The molecule has 1 saturated carbocycles. The zero-order valence-electron chi connectivity index (χ0n) is 16.3. The number of nitrogens with one attached hydrogen (secondary N) is 1. The summed E-state index contributed by atoms with van der Waals surface area (Å²) < 4.78 is 13.7. The summed E-state index contributed by atoms with van der Waals surface area (Å²) in [5.41, 5.74) is 2.24. The zero-order valence-corrected chi connectivity index (χ0v) is 16.3. The number of hydrogen-bond donors (Lipinski definition) is 2. The van der Waals surface area contributed by atoms with E-state index in [0.29, 0.717) is 6.79 Å². The van der Waals surface area contributed by atoms with Crippen molar-refractivity contribution in [3.8, 4) is 0 Å². The predicted octanol–water partition coefficient (Wildman–Crippen LogP) is 2.77. The number of aryl methyl sites for hydroxylation is 1. The number of fused-ring (bicyclic) bond motifs is 2. The van der Waals surface area contributed by atoms with Crippen molar-refractivity contribution in [1.29, 1.82) is 0 Å². The van der Waals surface area contributed by atoms with E-state index in [4.69, 9.17) is 9.47 Å². The van der Waals surface area contributed by atoms with E-state index < -0.39 is 0 Å². The third-order valence-corrected chi connectivity index (χ3v) is 6.11. The first kappa shape index (κ1) is 18.5. The largest absolute Gasteiger partial charge is 0.396 e. The summed E-state index contributed by atoms with van der Waals surface area (Å²) in [6, 6.07) is 12.7. The highest BCUT2D eigenvalue weighted by atomic mass is 16.7. The molecule has 1 aliphatic heterocycles. The molecule has 2 aromatic heterocycles. The van der Waals surface area contributed by atoms with E-state index in [0.717, 1.165) is 42.7 Å². The van der Waals surface area contributed by atoms with Gasteiger partial charge in [-0.1, -0.05) is 30.3 Å². The van der Waals surface area contributed by atoms with Crippen molar-refractivity contribution in [2.24, 2.45) is 5.92 Å². The first-order valence-electron chi connectivity index (χ1n) is 10.3. The average Bonchev–Trinajstić information content (AvgIpc) is 3.47. The standard InChI is InChI=1S/C22H26N4O3/c27-12-16-11-18(20-19(16)28-14-29-20)26-10-8-17-21(24-13-25-22(17)26)23-9-4-7-15-5-2-1-3-6-15/h1-3,5-6,8,10,13,16,18-20,27H,4,7,9,11-12,14H2,(H,23,24,25). The number of anilines is 1. The van der Waals surface area contributed by atoms with Gasteiger partial charge in [-0.05, 0) is 30.9 Å². The summed E-state index contributed by atoms with van der Waals surface area (Å²) in [7, 11) is 0. The van der Waals surface area contributed by atoms with Crippen molar-refractivity contribution in [3.63, 3.8) is 0 Å². The molecule has 4 unspecified atom stereocenters. The molecule has 1 aromatic carbocycles. The van der Waals surface area contributed by atoms with E-state index in [1.54, 1.807) is 6.33 Å². The zero-order chi connectivity index (χ0) is 19.6. The van der Waals surface area contributed by atoms with Crippen LogP contribution in [0.15, 0.2) is 48.9 Å². The van der Waals surface area contributed by atoms with Gasteiger partial charge < -0.3 is 24.5 Å². The van der Waals surface area contributed by atoms with Crippen molar-refractivity contribution in [2.75, 3.05) is 25.3 Å². The first-order chi connectivity index (χ1) is 14.3. The molecule has 7 heteroatoms. The highest BCUT2D eigenvalue weighted by molar-refractivity contribution is 5.87. The van der Waals surface area contributed by atoms with Gasteiger partial charge >= 0.3 is 0 Å². The molecule has 2 aliphatic rings. The number of nitrogens with zero attached hydrogens (tertiary/aromatic N) is 3. The Morgan fingerprint density at radius 2 is 1.97 bits per heavy atom. The second-order valence-electron chi connectivity index (χ2n) is 7.82. The maximum atomic E-state index is 9.71. The molecule has 7 nitrogen and oxygen atoms in total. The SMILES string of the molecule is OCC1CC(n2ccc3c(NCCCc4ccccc4)ncnc32)C2OCOC12. The van der Waals surface area contributed by atoms with Crippen molar-refractivity contribution in [3.05, 3.63) is 54.5 Å². The van der Waals surface area contributed by atoms with E-state index in [2.05, 4.69) is 56.4 Å². The minimum absolute atomic E-state index is 0.0417. The number of aliphatic hydroxyl groups is 1. The normalized spacial score (nSPS) is 26.1. The number of rotatable bonds is 7. The quantitative estimate of drug-likeness (QED) is 0.600. The first-order valence-corrected chi connectivity index (χ1v) is 10.3. The molecule has 3 aromatic rings. The molecule has 152 valence electrons. The van der Waals surface area contributed by atoms with Crippen molar-refractivity contribution < 1.29 is 14.6 Å². The minimum Gasteiger partial charge on any atom is -0.396 e. The number of aromatic nitrogens is 3. The Bertz CT molecular complexity index is 961. The molecule has 5 rings (SSSR count). The molecule has 3 heterocycles. The summed E-state index contributed by atoms with van der Waals surface area (Å²) in [6.07, 6.45) is 6.47. The second-order valence-corrected chi connectivity index (χ2v) is 7.82. The lowest BCUT2D eigenvalue weighted by Crippen LogP contribution is -2.27. The van der Waals surface area contributed by atoms with E-state index >= 15 is 0 Å². The fourth-order valence-electron chi connectivity index (χ4n) is 4.67. The molecule has 0 amide bonds. The number of hydrogen-bond acceptors (Lipinski definition) is 6. The Hall–Kier alpha value is -2.48. The third kappa shape index (κ3) is 3.50. The summed E-state index contributed by atoms with van der Waals surface area (Å²) in [5.74, 6) is 0.959. The van der Waals surface area contributed by atoms with E-state index in [-0.39, 0.29) is 30.8 Å². The lowest BCUT2D eigenvalue weighted by atomic mass is 10.1. The van der Waals surface area contributed by atoms with Gasteiger partial charge in [-0.25, -0.2) is 9.97 Å². The Kier molecular flexibility index (Phi) is 5.18. The Morgan fingerprint density at radius 3 is 2.83 bits per heavy atom. The van der Waals surface area contributed by atoms with Crippen molar-refractivity contribution >= 4 is 16.9 Å². The summed E-state index contributed by atoms with van der Waals surface area (Å²) in [5, 5.41) is 14.2. The van der Waals surface area contributed by atoms with Gasteiger partial charge in [-0.15, -0.1) is 0 Å². The predicted molar refractivity (Wildman–Crippen MR) is 110 cm³/mol. The lowest BCUT2D eigenvalue weighted by molar-refractivity contribution is 0.00251. The van der Waals surface area contributed by atoms with Crippen LogP contribution in [-0.4, -0.2) is 51.8 Å². The van der Waals surface area contributed by atoms with Gasteiger partial charge in [0.2, 0.25) is 0 Å². The van der Waals surface area contributed by atoms with Gasteiger partial charge in [0.15, 0.2) is 0 Å². The summed E-state index contributed by atoms with van der Waals surface area (Å²) in [6.45, 7) is 1.26. The molecule has 0 radical (unpaired) electrons. The maximum Gasteiger partial charge on any atom is 0.147 e. The van der Waals surface area contributed by atoms with Gasteiger partial charge in [0.1, 0.15) is 30.7 Å². The smallest absolute Gasteiger partial charge is 0.147 e. The molecular weight excluding hydrogens is 368 g/mol. The monoisotopic (exact) mass is 394 g/mol. The van der Waals surface area contributed by atoms with E-state index in [1.165, 1.54) is 5.56 Å². The molecule has 1 saturated heterocycles. The van der Waals surface area contributed by atoms with Crippen LogP contribution in [0, 0.1) is 5.92 Å². The molecule has 0 bridgehead atoms.